The zero-order chi connectivity index (χ0) is 20.7. The van der Waals surface area contributed by atoms with E-state index in [0.717, 1.165) is 31.8 Å². The van der Waals surface area contributed by atoms with Gasteiger partial charge in [-0.2, -0.15) is 0 Å². The van der Waals surface area contributed by atoms with E-state index < -0.39 is 17.8 Å². The maximum Gasteiger partial charge on any atom is 0.333 e. The lowest BCUT2D eigenvalue weighted by atomic mass is 10.1. The lowest BCUT2D eigenvalue weighted by Crippen LogP contribution is -2.52. The van der Waals surface area contributed by atoms with Crippen LogP contribution in [-0.4, -0.2) is 46.3 Å². The summed E-state index contributed by atoms with van der Waals surface area (Å²) in [6.07, 6.45) is 3.45. The molecule has 0 radical (unpaired) electrons. The number of para-hydroxylation sites is 1. The molecule has 0 aliphatic carbocycles. The Hall–Kier alpha value is -3.38. The van der Waals surface area contributed by atoms with Crippen LogP contribution in [0.5, 0.6) is 0 Å². The smallest absolute Gasteiger partial charge is 0.333 e. The van der Waals surface area contributed by atoms with Crippen LogP contribution in [0.2, 0.25) is 5.02 Å². The maximum atomic E-state index is 12.5. The van der Waals surface area contributed by atoms with E-state index >= 15 is 0 Å². The second-order valence-corrected chi connectivity index (χ2v) is 7.36. The zero-order valence-corrected chi connectivity index (χ0v) is 16.7. The number of barbiturate groups is 1. The van der Waals surface area contributed by atoms with Crippen molar-refractivity contribution < 1.29 is 14.4 Å². The average molecular weight is 408 g/mol. The SMILES string of the molecule is CN1C(=O)C(=Cc2cn(Cc3cccc(Cl)c3)c3ccccc23)C(=O)N(C)C1=O. The van der Waals surface area contributed by atoms with Gasteiger partial charge in [0.15, 0.2) is 0 Å². The van der Waals surface area contributed by atoms with E-state index in [9.17, 15) is 14.4 Å². The van der Waals surface area contributed by atoms with Gasteiger partial charge in [0.1, 0.15) is 5.57 Å². The standard InChI is InChI=1S/C22H18ClN3O3/c1-24-20(27)18(21(28)25(2)22(24)29)11-15-13-26(19-9-4-3-8-17(15)19)12-14-6-5-7-16(23)10-14/h3-11,13H,12H2,1-2H3. The Morgan fingerprint density at radius 3 is 2.31 bits per heavy atom. The van der Waals surface area contributed by atoms with Crippen molar-refractivity contribution in [1.29, 1.82) is 0 Å². The third-order valence-corrected chi connectivity index (χ3v) is 5.24. The summed E-state index contributed by atoms with van der Waals surface area (Å²) in [7, 11) is 2.73. The topological polar surface area (TPSA) is 62.6 Å². The number of aromatic nitrogens is 1. The number of fused-ring (bicyclic) bond motifs is 1. The van der Waals surface area contributed by atoms with E-state index in [4.69, 9.17) is 11.6 Å². The molecule has 146 valence electrons. The molecule has 6 nitrogen and oxygen atoms in total. The van der Waals surface area contributed by atoms with Gasteiger partial charge in [-0.3, -0.25) is 19.4 Å². The molecule has 1 aromatic heterocycles. The predicted octanol–water partition coefficient (Wildman–Crippen LogP) is 3.78. The molecule has 1 saturated heterocycles. The van der Waals surface area contributed by atoms with E-state index in [-0.39, 0.29) is 5.57 Å². The number of carbonyl (C=O) groups is 3. The Bertz CT molecular complexity index is 1170. The Morgan fingerprint density at radius 1 is 0.931 bits per heavy atom. The highest BCUT2D eigenvalue weighted by atomic mass is 35.5. The molecule has 2 aromatic carbocycles. The van der Waals surface area contributed by atoms with Gasteiger partial charge in [0.25, 0.3) is 11.8 Å². The molecule has 0 atom stereocenters. The Balaban J connectivity index is 1.81. The molecule has 3 aromatic rings. The van der Waals surface area contributed by atoms with Crippen molar-refractivity contribution in [3.8, 4) is 0 Å². The van der Waals surface area contributed by atoms with Crippen LogP contribution in [0, 0.1) is 0 Å². The van der Waals surface area contributed by atoms with Crippen molar-refractivity contribution in [1.82, 2.24) is 14.4 Å². The van der Waals surface area contributed by atoms with Gasteiger partial charge >= 0.3 is 6.03 Å². The van der Waals surface area contributed by atoms with Crippen molar-refractivity contribution in [3.63, 3.8) is 0 Å². The highest BCUT2D eigenvalue weighted by Gasteiger charge is 2.37. The van der Waals surface area contributed by atoms with E-state index in [1.807, 2.05) is 59.3 Å². The van der Waals surface area contributed by atoms with E-state index in [2.05, 4.69) is 0 Å². The van der Waals surface area contributed by atoms with Gasteiger partial charge in [-0.15, -0.1) is 0 Å². The predicted molar refractivity (Wildman–Crippen MR) is 111 cm³/mol. The third-order valence-electron chi connectivity index (χ3n) is 5.01. The molecule has 0 spiro atoms. The molecule has 0 saturated carbocycles. The molecule has 1 aliphatic rings. The summed E-state index contributed by atoms with van der Waals surface area (Å²) in [6.45, 7) is 0.588. The Kier molecular flexibility index (Phi) is 4.72. The fraction of sp³-hybridized carbons (Fsp3) is 0.136. The Labute approximate surface area is 172 Å². The number of benzene rings is 2. The van der Waals surface area contributed by atoms with Gasteiger partial charge in [-0.1, -0.05) is 41.9 Å². The van der Waals surface area contributed by atoms with Gasteiger partial charge in [-0.25, -0.2) is 4.79 Å². The first-order valence-electron chi connectivity index (χ1n) is 9.01. The van der Waals surface area contributed by atoms with Gasteiger partial charge in [0.05, 0.1) is 0 Å². The van der Waals surface area contributed by atoms with Crippen LogP contribution in [0.15, 0.2) is 60.3 Å². The zero-order valence-electron chi connectivity index (χ0n) is 15.9. The van der Waals surface area contributed by atoms with Crippen LogP contribution in [0.4, 0.5) is 4.79 Å². The number of halogens is 1. The molecule has 0 unspecified atom stereocenters. The first kappa shape index (κ1) is 19.0. The minimum atomic E-state index is -0.638. The highest BCUT2D eigenvalue weighted by molar-refractivity contribution is 6.31. The lowest BCUT2D eigenvalue weighted by molar-refractivity contribution is -0.134. The lowest BCUT2D eigenvalue weighted by Gasteiger charge is -2.28. The fourth-order valence-corrected chi connectivity index (χ4v) is 3.70. The molecule has 0 N–H and O–H groups in total. The number of hydrogen-bond donors (Lipinski definition) is 0. The quantitative estimate of drug-likeness (QED) is 0.490. The summed E-state index contributed by atoms with van der Waals surface area (Å²) in [4.78, 5) is 38.9. The van der Waals surface area contributed by atoms with Gasteiger partial charge in [-0.05, 0) is 29.8 Å². The van der Waals surface area contributed by atoms with Crippen LogP contribution in [0.3, 0.4) is 0 Å². The van der Waals surface area contributed by atoms with Crippen LogP contribution >= 0.6 is 11.6 Å². The van der Waals surface area contributed by atoms with Crippen molar-refractivity contribution in [2.75, 3.05) is 14.1 Å². The maximum absolute atomic E-state index is 12.5. The Morgan fingerprint density at radius 2 is 1.62 bits per heavy atom. The minimum absolute atomic E-state index is 0.0414. The molecule has 0 bridgehead atoms. The van der Waals surface area contributed by atoms with Crippen LogP contribution < -0.4 is 0 Å². The summed E-state index contributed by atoms with van der Waals surface area (Å²) >= 11 is 6.10. The first-order valence-corrected chi connectivity index (χ1v) is 9.38. The average Bonchev–Trinajstić information content (AvgIpc) is 3.06. The molecule has 7 heteroatoms. The summed E-state index contributed by atoms with van der Waals surface area (Å²) in [6, 6.07) is 14.7. The monoisotopic (exact) mass is 407 g/mol. The van der Waals surface area contributed by atoms with E-state index in [0.29, 0.717) is 11.6 Å². The summed E-state index contributed by atoms with van der Waals surface area (Å²) in [5.41, 5.74) is 2.69. The molecule has 2 heterocycles. The summed E-state index contributed by atoms with van der Waals surface area (Å²) in [5, 5.41) is 1.57. The second kappa shape index (κ2) is 7.22. The van der Waals surface area contributed by atoms with Gasteiger partial charge in [0, 0.05) is 48.3 Å². The van der Waals surface area contributed by atoms with Crippen LogP contribution in [-0.2, 0) is 16.1 Å². The number of nitrogens with zero attached hydrogens (tertiary/aromatic N) is 3. The number of likely N-dealkylation sites (N-methyl/N-ethyl adjacent to an activating group) is 2. The summed E-state index contributed by atoms with van der Waals surface area (Å²) in [5.74, 6) is -1.21. The molecule has 4 rings (SSSR count). The van der Waals surface area contributed by atoms with Crippen LogP contribution in [0.25, 0.3) is 17.0 Å². The van der Waals surface area contributed by atoms with Crippen molar-refractivity contribution >= 4 is 46.4 Å². The van der Waals surface area contributed by atoms with Gasteiger partial charge in [0.2, 0.25) is 0 Å². The molecular formula is C22H18ClN3O3. The molecule has 29 heavy (non-hydrogen) atoms. The normalized spacial score (nSPS) is 14.9. The van der Waals surface area contributed by atoms with Crippen molar-refractivity contribution in [3.05, 3.63) is 76.5 Å². The minimum Gasteiger partial charge on any atom is -0.342 e. The van der Waals surface area contributed by atoms with Crippen molar-refractivity contribution in [2.24, 2.45) is 0 Å². The van der Waals surface area contributed by atoms with E-state index in [1.165, 1.54) is 14.1 Å². The highest BCUT2D eigenvalue weighted by Crippen LogP contribution is 2.27. The second-order valence-electron chi connectivity index (χ2n) is 6.93. The molecule has 1 fully saturated rings. The molecular weight excluding hydrogens is 390 g/mol. The molecule has 4 amide bonds. The largest absolute Gasteiger partial charge is 0.342 e. The number of hydrogen-bond acceptors (Lipinski definition) is 3. The number of rotatable bonds is 3. The number of carbonyl (C=O) groups excluding carboxylic acids is 3. The fourth-order valence-electron chi connectivity index (χ4n) is 3.48. The first-order chi connectivity index (χ1) is 13.9. The van der Waals surface area contributed by atoms with Gasteiger partial charge < -0.3 is 4.57 Å². The third kappa shape index (κ3) is 3.32. The number of imide groups is 2. The number of amides is 4. The van der Waals surface area contributed by atoms with Crippen molar-refractivity contribution in [2.45, 2.75) is 6.54 Å². The van der Waals surface area contributed by atoms with Crippen LogP contribution in [0.1, 0.15) is 11.1 Å². The summed E-state index contributed by atoms with van der Waals surface area (Å²) < 4.78 is 2.05. The number of urea groups is 1. The van der Waals surface area contributed by atoms with E-state index in [1.54, 1.807) is 6.08 Å². The molecule has 1 aliphatic heterocycles.